The van der Waals surface area contributed by atoms with Crippen LogP contribution in [-0.2, 0) is 4.79 Å². The van der Waals surface area contributed by atoms with Crippen molar-refractivity contribution < 1.29 is 4.79 Å². The molecule has 2 N–H and O–H groups in total. The second-order valence-corrected chi connectivity index (χ2v) is 8.43. The monoisotopic (exact) mass is 336 g/mol. The van der Waals surface area contributed by atoms with Gasteiger partial charge in [-0.25, -0.2) is 0 Å². The van der Waals surface area contributed by atoms with E-state index in [0.29, 0.717) is 0 Å². The van der Waals surface area contributed by atoms with Crippen LogP contribution in [0.5, 0.6) is 0 Å². The number of nitrogens with zero attached hydrogens (tertiary/aromatic N) is 2. The molecule has 0 aliphatic rings. The molecule has 1 heterocycles. The van der Waals surface area contributed by atoms with Crippen LogP contribution in [0.25, 0.3) is 0 Å². The van der Waals surface area contributed by atoms with E-state index in [1.807, 2.05) is 58.0 Å². The van der Waals surface area contributed by atoms with E-state index >= 15 is 0 Å². The molecule has 1 atom stereocenters. The molecule has 0 bridgehead atoms. The van der Waals surface area contributed by atoms with E-state index in [9.17, 15) is 4.79 Å². The molecule has 1 amide bonds. The number of carbonyl (C=O) groups excluding carboxylic acids is 1. The van der Waals surface area contributed by atoms with Crippen molar-refractivity contribution in [1.82, 2.24) is 15.5 Å². The highest BCUT2D eigenvalue weighted by Gasteiger charge is 2.21. The normalized spacial score (nSPS) is 12.7. The first-order valence-electron chi connectivity index (χ1n) is 6.98. The lowest BCUT2D eigenvalue weighted by Crippen LogP contribution is -2.44. The first-order chi connectivity index (χ1) is 10.3. The number of carbonyl (C=O) groups is 1. The van der Waals surface area contributed by atoms with Crippen molar-refractivity contribution in [3.63, 3.8) is 0 Å². The zero-order valence-electron chi connectivity index (χ0n) is 13.1. The lowest BCUT2D eigenvalue weighted by molar-refractivity contribution is -0.121. The van der Waals surface area contributed by atoms with Crippen molar-refractivity contribution in [1.29, 1.82) is 0 Å². The largest absolute Gasteiger partial charge is 0.351 e. The lowest BCUT2D eigenvalue weighted by atomic mass is 10.1. The van der Waals surface area contributed by atoms with E-state index < -0.39 is 0 Å². The molecule has 0 aliphatic heterocycles. The average molecular weight is 336 g/mol. The number of amides is 1. The number of hydrogen-bond acceptors (Lipinski definition) is 6. The number of nitrogens with one attached hydrogen (secondary N) is 2. The van der Waals surface area contributed by atoms with Crippen LogP contribution in [-0.4, -0.2) is 26.9 Å². The third-order valence-corrected chi connectivity index (χ3v) is 4.60. The fraction of sp³-hybridized carbons (Fsp3) is 0.400. The molecule has 1 unspecified atom stereocenters. The molecule has 118 valence electrons. The Bertz CT molecular complexity index is 622. The summed E-state index contributed by atoms with van der Waals surface area (Å²) in [6, 6.07) is 9.80. The van der Waals surface area contributed by atoms with Crippen molar-refractivity contribution >= 4 is 39.8 Å². The summed E-state index contributed by atoms with van der Waals surface area (Å²) in [5.74, 6) is 0.00488. The maximum atomic E-state index is 12.1. The maximum Gasteiger partial charge on any atom is 0.233 e. The second kappa shape index (κ2) is 7.11. The third-order valence-electron chi connectivity index (χ3n) is 2.58. The Kier molecular flexibility index (Phi) is 5.42. The third kappa shape index (κ3) is 5.31. The molecule has 2 aromatic rings. The number of anilines is 2. The van der Waals surface area contributed by atoms with Crippen LogP contribution in [0.1, 0.15) is 27.7 Å². The van der Waals surface area contributed by atoms with Gasteiger partial charge in [0.1, 0.15) is 0 Å². The molecule has 0 fully saturated rings. The predicted molar refractivity (Wildman–Crippen MR) is 92.8 cm³/mol. The van der Waals surface area contributed by atoms with Gasteiger partial charge < -0.3 is 10.6 Å². The van der Waals surface area contributed by atoms with E-state index in [4.69, 9.17) is 0 Å². The molecule has 1 aromatic carbocycles. The quantitative estimate of drug-likeness (QED) is 0.815. The smallest absolute Gasteiger partial charge is 0.233 e. The molecule has 0 aliphatic carbocycles. The Morgan fingerprint density at radius 1 is 1.23 bits per heavy atom. The van der Waals surface area contributed by atoms with Gasteiger partial charge >= 0.3 is 0 Å². The molecule has 7 heteroatoms. The molecule has 1 aromatic heterocycles. The number of para-hydroxylation sites is 1. The van der Waals surface area contributed by atoms with Gasteiger partial charge in [0.2, 0.25) is 11.0 Å². The first-order valence-corrected chi connectivity index (χ1v) is 8.67. The van der Waals surface area contributed by atoms with Gasteiger partial charge in [0.05, 0.1) is 5.25 Å². The predicted octanol–water partition coefficient (Wildman–Crippen LogP) is 3.68. The summed E-state index contributed by atoms with van der Waals surface area (Å²) in [6.45, 7) is 7.77. The molecule has 0 radical (unpaired) electrons. The van der Waals surface area contributed by atoms with Crippen molar-refractivity contribution in [3.05, 3.63) is 30.3 Å². The molecular weight excluding hydrogens is 316 g/mol. The van der Waals surface area contributed by atoms with Crippen LogP contribution in [0, 0.1) is 0 Å². The number of hydrogen-bond donors (Lipinski definition) is 2. The summed E-state index contributed by atoms with van der Waals surface area (Å²) in [5, 5.41) is 14.9. The van der Waals surface area contributed by atoms with Crippen molar-refractivity contribution in [3.8, 4) is 0 Å². The van der Waals surface area contributed by atoms with E-state index in [2.05, 4.69) is 20.8 Å². The molecule has 0 spiro atoms. The maximum absolute atomic E-state index is 12.1. The van der Waals surface area contributed by atoms with Crippen LogP contribution >= 0.6 is 23.1 Å². The molecule has 0 saturated heterocycles. The van der Waals surface area contributed by atoms with Crippen LogP contribution in [0.4, 0.5) is 10.8 Å². The summed E-state index contributed by atoms with van der Waals surface area (Å²) in [7, 11) is 0. The average Bonchev–Trinajstić information content (AvgIpc) is 2.85. The van der Waals surface area contributed by atoms with Crippen LogP contribution < -0.4 is 10.6 Å². The fourth-order valence-corrected chi connectivity index (χ4v) is 3.55. The SMILES string of the molecule is CC(Sc1nnc(Nc2ccccc2)s1)C(=O)NC(C)(C)C. The van der Waals surface area contributed by atoms with Crippen molar-refractivity contribution in [2.45, 2.75) is 42.8 Å². The first kappa shape index (κ1) is 16.8. The Labute approximate surface area is 138 Å². The summed E-state index contributed by atoms with van der Waals surface area (Å²) >= 11 is 2.86. The molecular formula is C15H20N4OS2. The van der Waals surface area contributed by atoms with E-state index in [1.165, 1.54) is 23.1 Å². The molecule has 22 heavy (non-hydrogen) atoms. The van der Waals surface area contributed by atoms with Crippen LogP contribution in [0.2, 0.25) is 0 Å². The lowest BCUT2D eigenvalue weighted by Gasteiger charge is -2.22. The fourth-order valence-electron chi connectivity index (χ4n) is 1.63. The highest BCUT2D eigenvalue weighted by Crippen LogP contribution is 2.30. The Hall–Kier alpha value is -1.60. The Morgan fingerprint density at radius 2 is 1.91 bits per heavy atom. The topological polar surface area (TPSA) is 66.9 Å². The van der Waals surface area contributed by atoms with Gasteiger partial charge in [-0.15, -0.1) is 10.2 Å². The van der Waals surface area contributed by atoms with Crippen molar-refractivity contribution in [2.75, 3.05) is 5.32 Å². The molecule has 0 saturated carbocycles. The van der Waals surface area contributed by atoms with Gasteiger partial charge in [-0.1, -0.05) is 41.3 Å². The van der Waals surface area contributed by atoms with Gasteiger partial charge in [0.25, 0.3) is 0 Å². The number of rotatable bonds is 5. The minimum Gasteiger partial charge on any atom is -0.351 e. The van der Waals surface area contributed by atoms with Gasteiger partial charge in [0, 0.05) is 11.2 Å². The van der Waals surface area contributed by atoms with Gasteiger partial charge in [-0.3, -0.25) is 4.79 Å². The van der Waals surface area contributed by atoms with Crippen molar-refractivity contribution in [2.24, 2.45) is 0 Å². The number of aromatic nitrogens is 2. The van der Waals surface area contributed by atoms with Gasteiger partial charge in [-0.05, 0) is 39.8 Å². The number of thioether (sulfide) groups is 1. The summed E-state index contributed by atoms with van der Waals surface area (Å²) in [6.07, 6.45) is 0. The van der Waals surface area contributed by atoms with E-state index in [0.717, 1.165) is 15.2 Å². The summed E-state index contributed by atoms with van der Waals surface area (Å²) in [5.41, 5.74) is 0.737. The highest BCUT2D eigenvalue weighted by atomic mass is 32.2. The second-order valence-electron chi connectivity index (χ2n) is 5.86. The zero-order valence-corrected chi connectivity index (χ0v) is 14.7. The molecule has 2 rings (SSSR count). The van der Waals surface area contributed by atoms with E-state index in [1.54, 1.807) is 0 Å². The van der Waals surface area contributed by atoms with Gasteiger partial charge in [0.15, 0.2) is 4.34 Å². The van der Waals surface area contributed by atoms with Crippen LogP contribution in [0.3, 0.4) is 0 Å². The Morgan fingerprint density at radius 3 is 2.55 bits per heavy atom. The highest BCUT2D eigenvalue weighted by molar-refractivity contribution is 8.02. The van der Waals surface area contributed by atoms with Crippen LogP contribution in [0.15, 0.2) is 34.7 Å². The summed E-state index contributed by atoms with van der Waals surface area (Å²) in [4.78, 5) is 12.1. The number of benzene rings is 1. The van der Waals surface area contributed by atoms with E-state index in [-0.39, 0.29) is 16.7 Å². The summed E-state index contributed by atoms with van der Waals surface area (Å²) < 4.78 is 0.773. The standard InChI is InChI=1S/C15H20N4OS2/c1-10(12(20)17-15(2,3)4)21-14-19-18-13(22-14)16-11-8-6-5-7-9-11/h5-10H,1-4H3,(H,16,18)(H,17,20). The van der Waals surface area contributed by atoms with Gasteiger partial charge in [-0.2, -0.15) is 0 Å². The zero-order chi connectivity index (χ0) is 16.2. The minimum atomic E-state index is -0.229. The molecule has 5 nitrogen and oxygen atoms in total. The minimum absolute atomic E-state index is 0.00488. The Balaban J connectivity index is 1.93.